The highest BCUT2D eigenvalue weighted by Crippen LogP contribution is 2.06. The maximum Gasteiger partial charge on any atom is 0.0716 e. The molecule has 0 aromatic heterocycles. The summed E-state index contributed by atoms with van der Waals surface area (Å²) < 4.78 is 5.58. The van der Waals surface area contributed by atoms with Crippen LogP contribution < -0.4 is 0 Å². The van der Waals surface area contributed by atoms with Crippen LogP contribution in [0.3, 0.4) is 0 Å². The number of benzene rings is 1. The van der Waals surface area contributed by atoms with Crippen molar-refractivity contribution in [3.63, 3.8) is 0 Å². The zero-order valence-corrected chi connectivity index (χ0v) is 13.3. The van der Waals surface area contributed by atoms with Crippen LogP contribution in [-0.4, -0.2) is 17.8 Å². The lowest BCUT2D eigenvalue weighted by Gasteiger charge is -2.08. The van der Waals surface area contributed by atoms with Crippen LogP contribution in [0.1, 0.15) is 57.4 Å². The van der Waals surface area contributed by atoms with E-state index in [0.717, 1.165) is 12.8 Å². The van der Waals surface area contributed by atoms with Crippen molar-refractivity contribution in [3.05, 3.63) is 48.0 Å². The Balaban J connectivity index is 1.96. The molecule has 0 aliphatic carbocycles. The molecule has 1 N–H and O–H groups in total. The molecule has 1 aromatic carbocycles. The molecule has 0 aliphatic heterocycles. The monoisotopic (exact) mass is 290 g/mol. The molecule has 2 nitrogen and oxygen atoms in total. The lowest BCUT2D eigenvalue weighted by molar-refractivity contribution is 0.0746. The largest absolute Gasteiger partial charge is 0.393 e. The van der Waals surface area contributed by atoms with Gasteiger partial charge in [0.05, 0.1) is 12.7 Å². The first-order valence-corrected chi connectivity index (χ1v) is 8.27. The van der Waals surface area contributed by atoms with E-state index in [4.69, 9.17) is 4.74 Å². The first-order chi connectivity index (χ1) is 10.3. The van der Waals surface area contributed by atoms with Gasteiger partial charge in [-0.2, -0.15) is 0 Å². The van der Waals surface area contributed by atoms with Crippen LogP contribution in [0.15, 0.2) is 42.5 Å². The van der Waals surface area contributed by atoms with Gasteiger partial charge in [-0.1, -0.05) is 68.7 Å². The Hall–Kier alpha value is -1.12. The lowest BCUT2D eigenvalue weighted by Crippen LogP contribution is -2.09. The number of ether oxygens (including phenoxy) is 1. The van der Waals surface area contributed by atoms with Gasteiger partial charge in [-0.15, -0.1) is 0 Å². The third-order valence-corrected chi connectivity index (χ3v) is 3.51. The Morgan fingerprint density at radius 2 is 1.90 bits per heavy atom. The summed E-state index contributed by atoms with van der Waals surface area (Å²) in [5.41, 5.74) is 1.18. The summed E-state index contributed by atoms with van der Waals surface area (Å²) in [6, 6.07) is 10.1. The minimum absolute atomic E-state index is 0.285. The van der Waals surface area contributed by atoms with Gasteiger partial charge in [-0.3, -0.25) is 0 Å². The van der Waals surface area contributed by atoms with Crippen molar-refractivity contribution in [1.29, 1.82) is 0 Å². The molecule has 1 atom stereocenters. The number of hydrogen-bond acceptors (Lipinski definition) is 2. The number of rotatable bonds is 12. The Kier molecular flexibility index (Phi) is 10.8. The molecule has 0 fully saturated rings. The van der Waals surface area contributed by atoms with E-state index in [1.54, 1.807) is 0 Å². The van der Waals surface area contributed by atoms with Crippen LogP contribution in [0.2, 0.25) is 0 Å². The van der Waals surface area contributed by atoms with E-state index < -0.39 is 0 Å². The third-order valence-electron chi connectivity index (χ3n) is 3.51. The summed E-state index contributed by atoms with van der Waals surface area (Å²) in [6.07, 6.45) is 11.8. The van der Waals surface area contributed by atoms with Gasteiger partial charge in [0.15, 0.2) is 0 Å². The molecule has 0 spiro atoms. The average molecular weight is 290 g/mol. The van der Waals surface area contributed by atoms with E-state index in [1.807, 2.05) is 18.2 Å². The SMILES string of the molecule is CCCCCCC=CCC(O)CCOCc1ccccc1. The first-order valence-electron chi connectivity index (χ1n) is 8.27. The van der Waals surface area contributed by atoms with Gasteiger partial charge in [0, 0.05) is 6.61 Å². The molecule has 1 aromatic rings. The average Bonchev–Trinajstić information content (AvgIpc) is 2.52. The maximum absolute atomic E-state index is 9.86. The van der Waals surface area contributed by atoms with Crippen molar-refractivity contribution < 1.29 is 9.84 Å². The smallest absolute Gasteiger partial charge is 0.0716 e. The van der Waals surface area contributed by atoms with Crippen LogP contribution in [0, 0.1) is 0 Å². The Morgan fingerprint density at radius 3 is 2.67 bits per heavy atom. The second-order valence-electron chi connectivity index (χ2n) is 5.54. The zero-order valence-electron chi connectivity index (χ0n) is 13.3. The molecule has 0 saturated heterocycles. The minimum Gasteiger partial charge on any atom is -0.393 e. The predicted octanol–water partition coefficient (Wildman–Crippen LogP) is 4.87. The summed E-state index contributed by atoms with van der Waals surface area (Å²) in [5.74, 6) is 0. The van der Waals surface area contributed by atoms with Gasteiger partial charge >= 0.3 is 0 Å². The van der Waals surface area contributed by atoms with Crippen LogP contribution >= 0.6 is 0 Å². The maximum atomic E-state index is 9.86. The standard InChI is InChI=1S/C19H30O2/c1-2-3-4-5-6-7-11-14-19(20)15-16-21-17-18-12-9-8-10-13-18/h7-13,19-20H,2-6,14-17H2,1H3. The van der Waals surface area contributed by atoms with Gasteiger partial charge in [-0.25, -0.2) is 0 Å². The number of unbranched alkanes of at least 4 members (excludes halogenated alkanes) is 4. The molecule has 0 radical (unpaired) electrons. The minimum atomic E-state index is -0.285. The Morgan fingerprint density at radius 1 is 1.10 bits per heavy atom. The van der Waals surface area contributed by atoms with Crippen molar-refractivity contribution in [3.8, 4) is 0 Å². The van der Waals surface area contributed by atoms with Crippen LogP contribution in [-0.2, 0) is 11.3 Å². The van der Waals surface area contributed by atoms with Crippen molar-refractivity contribution in [1.82, 2.24) is 0 Å². The molecular formula is C19H30O2. The fourth-order valence-corrected chi connectivity index (χ4v) is 2.16. The van der Waals surface area contributed by atoms with E-state index in [0.29, 0.717) is 19.6 Å². The van der Waals surface area contributed by atoms with Crippen molar-refractivity contribution in [2.75, 3.05) is 6.61 Å². The van der Waals surface area contributed by atoms with Gasteiger partial charge in [0.25, 0.3) is 0 Å². The number of aliphatic hydroxyl groups is 1. The Bertz CT molecular complexity index is 359. The number of aliphatic hydroxyl groups excluding tert-OH is 1. The van der Waals surface area contributed by atoms with Crippen LogP contribution in [0.25, 0.3) is 0 Å². The topological polar surface area (TPSA) is 29.5 Å². The molecule has 1 unspecified atom stereocenters. The summed E-state index contributed by atoms with van der Waals surface area (Å²) in [7, 11) is 0. The normalized spacial score (nSPS) is 12.9. The summed E-state index contributed by atoms with van der Waals surface area (Å²) in [5, 5.41) is 9.86. The molecule has 0 aliphatic rings. The van der Waals surface area contributed by atoms with Gasteiger partial charge in [0.1, 0.15) is 0 Å². The summed E-state index contributed by atoms with van der Waals surface area (Å²) in [6.45, 7) is 3.47. The molecule has 1 rings (SSSR count). The second kappa shape index (κ2) is 12.6. The highest BCUT2D eigenvalue weighted by atomic mass is 16.5. The van der Waals surface area contributed by atoms with Crippen LogP contribution in [0.5, 0.6) is 0 Å². The summed E-state index contributed by atoms with van der Waals surface area (Å²) >= 11 is 0. The predicted molar refractivity (Wildman–Crippen MR) is 89.2 cm³/mol. The van der Waals surface area contributed by atoms with Crippen LogP contribution in [0.4, 0.5) is 0 Å². The number of allylic oxidation sites excluding steroid dienone is 1. The highest BCUT2D eigenvalue weighted by molar-refractivity contribution is 5.13. The van der Waals surface area contributed by atoms with Crippen molar-refractivity contribution >= 4 is 0 Å². The Labute approximate surface area is 129 Å². The highest BCUT2D eigenvalue weighted by Gasteiger charge is 2.01. The third kappa shape index (κ3) is 10.3. The quantitative estimate of drug-likeness (QED) is 0.439. The molecule has 0 saturated carbocycles. The molecule has 118 valence electrons. The van der Waals surface area contributed by atoms with Gasteiger partial charge < -0.3 is 9.84 Å². The first kappa shape index (κ1) is 17.9. The van der Waals surface area contributed by atoms with Gasteiger partial charge in [-0.05, 0) is 31.2 Å². The second-order valence-corrected chi connectivity index (χ2v) is 5.54. The van der Waals surface area contributed by atoms with E-state index in [-0.39, 0.29) is 6.10 Å². The number of hydrogen-bond donors (Lipinski definition) is 1. The molecule has 21 heavy (non-hydrogen) atoms. The van der Waals surface area contributed by atoms with E-state index in [9.17, 15) is 5.11 Å². The molecule has 0 bridgehead atoms. The summed E-state index contributed by atoms with van der Waals surface area (Å²) in [4.78, 5) is 0. The van der Waals surface area contributed by atoms with Crippen molar-refractivity contribution in [2.24, 2.45) is 0 Å². The van der Waals surface area contributed by atoms with Gasteiger partial charge in [0.2, 0.25) is 0 Å². The van der Waals surface area contributed by atoms with E-state index >= 15 is 0 Å². The van der Waals surface area contributed by atoms with E-state index in [2.05, 4.69) is 31.2 Å². The fraction of sp³-hybridized carbons (Fsp3) is 0.579. The molecular weight excluding hydrogens is 260 g/mol. The zero-order chi connectivity index (χ0) is 15.2. The molecule has 2 heteroatoms. The van der Waals surface area contributed by atoms with E-state index in [1.165, 1.54) is 31.2 Å². The molecule has 0 heterocycles. The van der Waals surface area contributed by atoms with Crippen molar-refractivity contribution in [2.45, 2.75) is 64.6 Å². The lowest BCUT2D eigenvalue weighted by atomic mass is 10.1. The molecule has 0 amide bonds. The fourth-order valence-electron chi connectivity index (χ4n) is 2.16.